The number of carbonyl (C=O) groups is 1. The summed E-state index contributed by atoms with van der Waals surface area (Å²) in [5, 5.41) is 0. The molecule has 2 aliphatic rings. The number of quaternary nitrogens is 1. The molecule has 1 amide bonds. The number of rotatable bonds is 5. The molecule has 1 heterocycles. The Kier molecular flexibility index (Phi) is 6.50. The fourth-order valence-electron chi connectivity index (χ4n) is 3.89. The highest BCUT2D eigenvalue weighted by Crippen LogP contribution is 2.29. The van der Waals surface area contributed by atoms with Crippen LogP contribution in [0.4, 0.5) is 16.6 Å². The van der Waals surface area contributed by atoms with Gasteiger partial charge in [0.1, 0.15) is 5.76 Å². The molecule has 0 N–H and O–H groups in total. The molecular weight excluding hydrogens is 352 g/mol. The second-order valence-electron chi connectivity index (χ2n) is 8.18. The maximum atomic E-state index is 13.0. The van der Waals surface area contributed by atoms with Crippen LogP contribution in [0.1, 0.15) is 57.4 Å². The molecule has 0 bridgehead atoms. The molecule has 0 radical (unpaired) electrons. The predicted molar refractivity (Wildman–Crippen MR) is 113 cm³/mol. The molecule has 152 valence electrons. The van der Waals surface area contributed by atoms with E-state index in [4.69, 9.17) is 9.72 Å². The molecule has 6 heteroatoms. The Hall–Kier alpha value is -2.21. The van der Waals surface area contributed by atoms with Crippen LogP contribution in [0.2, 0.25) is 0 Å². The largest absolute Gasteiger partial charge is 0.527 e. The smallest absolute Gasteiger partial charge is 0.381 e. The highest BCUT2D eigenvalue weighted by Gasteiger charge is 2.37. The second kappa shape index (κ2) is 8.86. The van der Waals surface area contributed by atoms with Gasteiger partial charge in [0.25, 0.3) is 0 Å². The lowest BCUT2D eigenvalue weighted by Gasteiger charge is -2.32. The van der Waals surface area contributed by atoms with Crippen molar-refractivity contribution in [1.29, 1.82) is 0 Å². The van der Waals surface area contributed by atoms with E-state index < -0.39 is 0 Å². The van der Waals surface area contributed by atoms with Gasteiger partial charge in [-0.25, -0.2) is 4.98 Å². The van der Waals surface area contributed by atoms with E-state index >= 15 is 0 Å². The molecule has 3 rings (SSSR count). The van der Waals surface area contributed by atoms with E-state index in [1.165, 1.54) is 32.1 Å². The number of amides is 1. The van der Waals surface area contributed by atoms with E-state index in [0.717, 1.165) is 24.8 Å². The lowest BCUT2D eigenvalue weighted by Crippen LogP contribution is -2.48. The quantitative estimate of drug-likeness (QED) is 0.685. The summed E-state index contributed by atoms with van der Waals surface area (Å²) in [7, 11) is 5.74. The number of hydrogen-bond donors (Lipinski definition) is 0. The first-order valence-electron chi connectivity index (χ1n) is 10.5. The highest BCUT2D eigenvalue weighted by atomic mass is 16.6. The van der Waals surface area contributed by atoms with E-state index in [2.05, 4.69) is 23.9 Å². The van der Waals surface area contributed by atoms with Crippen molar-refractivity contribution in [3.63, 3.8) is 0 Å². The van der Waals surface area contributed by atoms with Crippen LogP contribution >= 0.6 is 0 Å². The van der Waals surface area contributed by atoms with Gasteiger partial charge in [-0.15, -0.1) is 0 Å². The average molecular weight is 386 g/mol. The van der Waals surface area contributed by atoms with Gasteiger partial charge in [0.05, 0.1) is 19.7 Å². The summed E-state index contributed by atoms with van der Waals surface area (Å²) in [6, 6.07) is 0.467. The van der Waals surface area contributed by atoms with Gasteiger partial charge in [0, 0.05) is 19.3 Å². The maximum absolute atomic E-state index is 13.0. The first-order valence-corrected chi connectivity index (χ1v) is 10.5. The minimum Gasteiger partial charge on any atom is -0.381 e. The fourth-order valence-corrected chi connectivity index (χ4v) is 3.89. The topological polar surface area (TPSA) is 55.3 Å². The summed E-state index contributed by atoms with van der Waals surface area (Å²) in [6.45, 7) is 2.06. The van der Waals surface area contributed by atoms with Crippen molar-refractivity contribution in [3.05, 3.63) is 35.7 Å². The van der Waals surface area contributed by atoms with Gasteiger partial charge in [-0.3, -0.25) is 0 Å². The van der Waals surface area contributed by atoms with E-state index in [1.807, 2.05) is 38.5 Å². The number of anilines is 1. The van der Waals surface area contributed by atoms with E-state index in [0.29, 0.717) is 23.6 Å². The molecule has 0 aliphatic heterocycles. The Morgan fingerprint density at radius 1 is 1.25 bits per heavy atom. The van der Waals surface area contributed by atoms with Crippen LogP contribution in [0.3, 0.4) is 0 Å². The molecule has 0 aromatic carbocycles. The van der Waals surface area contributed by atoms with Crippen LogP contribution < -0.4 is 9.38 Å². The van der Waals surface area contributed by atoms with Crippen molar-refractivity contribution in [2.75, 3.05) is 26.0 Å². The molecule has 0 spiro atoms. The van der Waals surface area contributed by atoms with Gasteiger partial charge < -0.3 is 9.64 Å². The summed E-state index contributed by atoms with van der Waals surface area (Å²) in [6.07, 6.45) is 16.2. The van der Waals surface area contributed by atoms with Crippen molar-refractivity contribution in [2.24, 2.45) is 0 Å². The summed E-state index contributed by atoms with van der Waals surface area (Å²) < 4.78 is 5.59. The Balaban J connectivity index is 1.86. The van der Waals surface area contributed by atoms with Crippen molar-refractivity contribution in [3.8, 4) is 0 Å². The van der Waals surface area contributed by atoms with Gasteiger partial charge in [-0.05, 0) is 44.3 Å². The number of allylic oxidation sites excluding steroid dienone is 3. The number of aromatic nitrogens is 2. The third-order valence-electron chi connectivity index (χ3n) is 5.80. The van der Waals surface area contributed by atoms with E-state index in [-0.39, 0.29) is 10.6 Å². The Bertz CT molecular complexity index is 764. The first kappa shape index (κ1) is 20.5. The van der Waals surface area contributed by atoms with Crippen molar-refractivity contribution >= 4 is 17.9 Å². The van der Waals surface area contributed by atoms with Crippen molar-refractivity contribution in [2.45, 2.75) is 64.3 Å². The lowest BCUT2D eigenvalue weighted by molar-refractivity contribution is 0.148. The Morgan fingerprint density at radius 2 is 2.00 bits per heavy atom. The molecule has 6 nitrogen and oxygen atoms in total. The summed E-state index contributed by atoms with van der Waals surface area (Å²) >= 11 is 0. The maximum Gasteiger partial charge on any atom is 0.527 e. The third kappa shape index (κ3) is 4.43. The van der Waals surface area contributed by atoms with Crippen LogP contribution in [0.5, 0.6) is 0 Å². The molecule has 28 heavy (non-hydrogen) atoms. The molecule has 2 aliphatic carbocycles. The Labute approximate surface area is 168 Å². The van der Waals surface area contributed by atoms with Gasteiger partial charge in [0.2, 0.25) is 11.8 Å². The second-order valence-corrected chi connectivity index (χ2v) is 8.18. The first-order chi connectivity index (χ1) is 13.4. The van der Waals surface area contributed by atoms with Gasteiger partial charge in [0.15, 0.2) is 0 Å². The van der Waals surface area contributed by atoms with Crippen LogP contribution in [-0.2, 0) is 11.2 Å². The van der Waals surface area contributed by atoms with Gasteiger partial charge >= 0.3 is 6.09 Å². The minimum absolute atomic E-state index is 0.0671. The van der Waals surface area contributed by atoms with Crippen LogP contribution in [-0.4, -0.2) is 43.2 Å². The molecular formula is C22H33N4O2+. The zero-order chi connectivity index (χ0) is 20.1. The van der Waals surface area contributed by atoms with Gasteiger partial charge in [-0.2, -0.15) is 14.3 Å². The molecule has 0 unspecified atom stereocenters. The third-order valence-corrected chi connectivity index (χ3v) is 5.80. The normalized spacial score (nSPS) is 17.9. The number of aryl methyl sites for hydroxylation is 1. The van der Waals surface area contributed by atoms with Crippen molar-refractivity contribution < 1.29 is 9.53 Å². The SMILES string of the molecule is CCc1cnc(N(C)C2CCCCC2)nc1[N+](C)(C)C(=O)OC1=CCCC=C1. The summed E-state index contributed by atoms with van der Waals surface area (Å²) in [4.78, 5) is 24.6. The standard InChI is InChI=1S/C22H33N4O2/c1-5-17-16-23-21(25(2)18-12-8-6-9-13-18)24-20(17)26(3,4)22(27)28-19-14-10-7-11-15-19/h10,14-16,18H,5-9,11-13H2,1-4H3/q+1. The van der Waals surface area contributed by atoms with Crippen molar-refractivity contribution in [1.82, 2.24) is 14.5 Å². The predicted octanol–water partition coefficient (Wildman–Crippen LogP) is 4.75. The number of ether oxygens (including phenoxy) is 1. The number of hydrogen-bond acceptors (Lipinski definition) is 5. The highest BCUT2D eigenvalue weighted by molar-refractivity contribution is 5.82. The van der Waals surface area contributed by atoms with Crippen LogP contribution in [0.25, 0.3) is 0 Å². The van der Waals surface area contributed by atoms with Crippen LogP contribution in [0.15, 0.2) is 30.2 Å². The Morgan fingerprint density at radius 3 is 2.64 bits per heavy atom. The zero-order valence-corrected chi connectivity index (χ0v) is 17.6. The molecule has 1 fully saturated rings. The van der Waals surface area contributed by atoms with E-state index in [9.17, 15) is 4.79 Å². The average Bonchev–Trinajstić information content (AvgIpc) is 2.74. The minimum atomic E-state index is -0.336. The molecule has 0 atom stereocenters. The van der Waals surface area contributed by atoms with E-state index in [1.54, 1.807) is 0 Å². The molecule has 1 aromatic rings. The fraction of sp³-hybridized carbons (Fsp3) is 0.591. The molecule has 0 saturated heterocycles. The molecule has 1 saturated carbocycles. The summed E-state index contributed by atoms with van der Waals surface area (Å²) in [5.74, 6) is 2.02. The number of nitrogens with zero attached hydrogens (tertiary/aromatic N) is 4. The lowest BCUT2D eigenvalue weighted by atomic mass is 9.95. The van der Waals surface area contributed by atoms with Gasteiger partial charge in [-0.1, -0.05) is 32.3 Å². The summed E-state index contributed by atoms with van der Waals surface area (Å²) in [5.41, 5.74) is 0.968. The van der Waals surface area contributed by atoms with Crippen LogP contribution in [0, 0.1) is 0 Å². The molecule has 1 aromatic heterocycles. The monoisotopic (exact) mass is 385 g/mol. The zero-order valence-electron chi connectivity index (χ0n) is 17.6. The number of carbonyl (C=O) groups excluding carboxylic acids is 1.